The standard InChI is InChI=1S/C25H40N4O2/c1-17-8-7-11-22(20(17)4)26-25(31)21(5)29-14-12-28(13-15-29)16-23(30)27-24-18(2)9-6-10-19(24)3/h6,9-10,17,20-22H,7-8,11-16H2,1-5H3,(H,26,31)(H,27,30)/t17-,20-,21+,22+/m0/s1. The van der Waals surface area contributed by atoms with Gasteiger partial charge in [0.1, 0.15) is 0 Å². The fraction of sp³-hybridized carbons (Fsp3) is 0.680. The summed E-state index contributed by atoms with van der Waals surface area (Å²) in [4.78, 5) is 29.8. The molecule has 6 heteroatoms. The van der Waals surface area contributed by atoms with Crippen LogP contribution in [0.5, 0.6) is 0 Å². The molecule has 1 heterocycles. The van der Waals surface area contributed by atoms with E-state index in [4.69, 9.17) is 0 Å². The van der Waals surface area contributed by atoms with Crippen molar-refractivity contribution in [2.45, 2.75) is 66.0 Å². The molecule has 2 N–H and O–H groups in total. The molecule has 2 aliphatic rings. The van der Waals surface area contributed by atoms with Crippen molar-refractivity contribution in [3.8, 4) is 0 Å². The first-order chi connectivity index (χ1) is 14.8. The normalized spacial score (nSPS) is 26.3. The van der Waals surface area contributed by atoms with Crippen LogP contribution in [-0.4, -0.2) is 66.4 Å². The minimum absolute atomic E-state index is 0.0250. The SMILES string of the molecule is Cc1cccc(C)c1NC(=O)CN1CCN([C@H](C)C(=O)N[C@@H]2CCC[C@H](C)[C@@H]2C)CC1. The molecule has 1 saturated carbocycles. The quantitative estimate of drug-likeness (QED) is 0.730. The smallest absolute Gasteiger partial charge is 0.238 e. The number of nitrogens with one attached hydrogen (secondary N) is 2. The van der Waals surface area contributed by atoms with Crippen LogP contribution in [-0.2, 0) is 9.59 Å². The Balaban J connectivity index is 1.44. The van der Waals surface area contributed by atoms with Gasteiger partial charge in [-0.25, -0.2) is 0 Å². The minimum Gasteiger partial charge on any atom is -0.352 e. The number of nitrogens with zero attached hydrogens (tertiary/aromatic N) is 2. The number of piperazine rings is 1. The van der Waals surface area contributed by atoms with Crippen LogP contribution in [0.1, 0.15) is 51.2 Å². The molecule has 0 spiro atoms. The number of para-hydroxylation sites is 1. The highest BCUT2D eigenvalue weighted by atomic mass is 16.2. The Bertz CT molecular complexity index is 753. The molecule has 0 bridgehead atoms. The van der Waals surface area contributed by atoms with Crippen LogP contribution in [0.25, 0.3) is 0 Å². The third-order valence-electron chi connectivity index (χ3n) is 7.48. The van der Waals surface area contributed by atoms with Gasteiger partial charge in [-0.3, -0.25) is 19.4 Å². The van der Waals surface area contributed by atoms with E-state index in [0.29, 0.717) is 24.4 Å². The number of anilines is 1. The Morgan fingerprint density at radius 1 is 1.06 bits per heavy atom. The van der Waals surface area contributed by atoms with Gasteiger partial charge in [-0.05, 0) is 50.2 Å². The third kappa shape index (κ3) is 6.07. The number of carbonyl (C=O) groups is 2. The van der Waals surface area contributed by atoms with Crippen molar-refractivity contribution in [2.24, 2.45) is 11.8 Å². The van der Waals surface area contributed by atoms with Crippen molar-refractivity contribution < 1.29 is 9.59 Å². The fourth-order valence-corrected chi connectivity index (χ4v) is 4.96. The van der Waals surface area contributed by atoms with E-state index in [-0.39, 0.29) is 17.9 Å². The van der Waals surface area contributed by atoms with Gasteiger partial charge < -0.3 is 10.6 Å². The van der Waals surface area contributed by atoms with Crippen LogP contribution in [0.2, 0.25) is 0 Å². The minimum atomic E-state index is -0.130. The van der Waals surface area contributed by atoms with Gasteiger partial charge in [-0.2, -0.15) is 0 Å². The van der Waals surface area contributed by atoms with Crippen LogP contribution in [0.3, 0.4) is 0 Å². The second kappa shape index (κ2) is 10.6. The summed E-state index contributed by atoms with van der Waals surface area (Å²) in [6.45, 7) is 14.2. The first-order valence-corrected chi connectivity index (χ1v) is 11.9. The van der Waals surface area contributed by atoms with E-state index in [1.54, 1.807) is 0 Å². The Morgan fingerprint density at radius 2 is 1.71 bits per heavy atom. The molecule has 0 unspecified atom stereocenters. The summed E-state index contributed by atoms with van der Waals surface area (Å²) >= 11 is 0. The predicted molar refractivity (Wildman–Crippen MR) is 126 cm³/mol. The van der Waals surface area contributed by atoms with Crippen molar-refractivity contribution in [2.75, 3.05) is 38.0 Å². The summed E-state index contributed by atoms with van der Waals surface area (Å²) in [6, 6.07) is 6.21. The maximum absolute atomic E-state index is 12.9. The molecule has 2 fully saturated rings. The van der Waals surface area contributed by atoms with Gasteiger partial charge in [0.2, 0.25) is 11.8 Å². The maximum atomic E-state index is 12.9. The van der Waals surface area contributed by atoms with E-state index < -0.39 is 0 Å². The molecular weight excluding hydrogens is 388 g/mol. The number of carbonyl (C=O) groups excluding carboxylic acids is 2. The Labute approximate surface area is 187 Å². The molecule has 0 aromatic heterocycles. The van der Waals surface area contributed by atoms with Crippen molar-refractivity contribution in [1.82, 2.24) is 15.1 Å². The number of benzene rings is 1. The molecule has 172 valence electrons. The van der Waals surface area contributed by atoms with Gasteiger partial charge in [0.15, 0.2) is 0 Å². The second-order valence-electron chi connectivity index (χ2n) is 9.69. The van der Waals surface area contributed by atoms with E-state index in [0.717, 1.165) is 49.4 Å². The van der Waals surface area contributed by atoms with Gasteiger partial charge in [-0.15, -0.1) is 0 Å². The molecule has 1 aromatic carbocycles. The summed E-state index contributed by atoms with van der Waals surface area (Å²) in [5.74, 6) is 1.38. The van der Waals surface area contributed by atoms with Crippen molar-refractivity contribution in [1.29, 1.82) is 0 Å². The first-order valence-electron chi connectivity index (χ1n) is 11.9. The van der Waals surface area contributed by atoms with Gasteiger partial charge in [0.05, 0.1) is 12.6 Å². The lowest BCUT2D eigenvalue weighted by atomic mass is 9.78. The monoisotopic (exact) mass is 428 g/mol. The van der Waals surface area contributed by atoms with E-state index in [1.807, 2.05) is 39.0 Å². The number of aryl methyl sites for hydroxylation is 2. The number of hydrogen-bond acceptors (Lipinski definition) is 4. The molecule has 3 rings (SSSR count). The first kappa shape index (κ1) is 23.7. The fourth-order valence-electron chi connectivity index (χ4n) is 4.96. The molecular formula is C25H40N4O2. The summed E-state index contributed by atoms with van der Waals surface area (Å²) in [5, 5.41) is 6.39. The second-order valence-corrected chi connectivity index (χ2v) is 9.69. The number of hydrogen-bond donors (Lipinski definition) is 2. The zero-order valence-corrected chi connectivity index (χ0v) is 19.9. The largest absolute Gasteiger partial charge is 0.352 e. The lowest BCUT2D eigenvalue weighted by Gasteiger charge is -2.39. The average molecular weight is 429 g/mol. The summed E-state index contributed by atoms with van der Waals surface area (Å²) in [6.07, 6.45) is 3.56. The lowest BCUT2D eigenvalue weighted by Crippen LogP contribution is -2.56. The van der Waals surface area contributed by atoms with Gasteiger partial charge in [0.25, 0.3) is 0 Å². The predicted octanol–water partition coefficient (Wildman–Crippen LogP) is 3.19. The summed E-state index contributed by atoms with van der Waals surface area (Å²) < 4.78 is 0. The molecule has 1 aliphatic carbocycles. The van der Waals surface area contributed by atoms with Gasteiger partial charge in [0, 0.05) is 37.9 Å². The van der Waals surface area contributed by atoms with Crippen LogP contribution in [0.4, 0.5) is 5.69 Å². The lowest BCUT2D eigenvalue weighted by molar-refractivity contribution is -0.128. The Morgan fingerprint density at radius 3 is 2.35 bits per heavy atom. The Hall–Kier alpha value is -1.92. The Kier molecular flexibility index (Phi) is 8.11. The molecule has 4 atom stereocenters. The van der Waals surface area contributed by atoms with E-state index in [9.17, 15) is 9.59 Å². The highest BCUT2D eigenvalue weighted by molar-refractivity contribution is 5.93. The average Bonchev–Trinajstić information content (AvgIpc) is 2.74. The van der Waals surface area contributed by atoms with Crippen molar-refractivity contribution in [3.63, 3.8) is 0 Å². The van der Waals surface area contributed by atoms with Gasteiger partial charge >= 0.3 is 0 Å². The highest BCUT2D eigenvalue weighted by Crippen LogP contribution is 2.29. The zero-order chi connectivity index (χ0) is 22.5. The molecule has 1 aliphatic heterocycles. The molecule has 1 saturated heterocycles. The highest BCUT2D eigenvalue weighted by Gasteiger charge is 2.31. The van der Waals surface area contributed by atoms with E-state index >= 15 is 0 Å². The molecule has 0 radical (unpaired) electrons. The van der Waals surface area contributed by atoms with Crippen molar-refractivity contribution in [3.05, 3.63) is 29.3 Å². The molecule has 6 nitrogen and oxygen atoms in total. The molecule has 2 amide bonds. The summed E-state index contributed by atoms with van der Waals surface area (Å²) in [7, 11) is 0. The number of rotatable bonds is 6. The van der Waals surface area contributed by atoms with E-state index in [1.165, 1.54) is 12.8 Å². The van der Waals surface area contributed by atoms with Crippen LogP contribution in [0.15, 0.2) is 18.2 Å². The van der Waals surface area contributed by atoms with Crippen LogP contribution < -0.4 is 10.6 Å². The van der Waals surface area contributed by atoms with Crippen molar-refractivity contribution >= 4 is 17.5 Å². The summed E-state index contributed by atoms with van der Waals surface area (Å²) in [5.41, 5.74) is 3.09. The van der Waals surface area contributed by atoms with Gasteiger partial charge in [-0.1, -0.05) is 44.9 Å². The maximum Gasteiger partial charge on any atom is 0.238 e. The van der Waals surface area contributed by atoms with Crippen LogP contribution >= 0.6 is 0 Å². The number of amides is 2. The topological polar surface area (TPSA) is 64.7 Å². The van der Waals surface area contributed by atoms with E-state index in [2.05, 4.69) is 34.3 Å². The van der Waals surface area contributed by atoms with Crippen LogP contribution in [0, 0.1) is 25.7 Å². The molecule has 31 heavy (non-hydrogen) atoms. The molecule has 1 aromatic rings. The zero-order valence-electron chi connectivity index (χ0n) is 19.9. The third-order valence-corrected chi connectivity index (χ3v) is 7.48.